The van der Waals surface area contributed by atoms with Crippen molar-refractivity contribution in [3.63, 3.8) is 0 Å². The lowest BCUT2D eigenvalue weighted by Gasteiger charge is -2.19. The highest BCUT2D eigenvalue weighted by atomic mass is 32.2. The molecule has 1 aliphatic heterocycles. The number of hydrogen-bond donors (Lipinski definition) is 1. The van der Waals surface area contributed by atoms with E-state index < -0.39 is 0 Å². The fourth-order valence-electron chi connectivity index (χ4n) is 1.67. The molecule has 2 aliphatic rings. The van der Waals surface area contributed by atoms with Crippen molar-refractivity contribution in [1.29, 1.82) is 0 Å². The van der Waals surface area contributed by atoms with E-state index in [1.54, 1.807) is 0 Å². The monoisotopic (exact) mass is 198 g/mol. The third-order valence-corrected chi connectivity index (χ3v) is 3.92. The smallest absolute Gasteiger partial charge is 0.0968 e. The molecule has 0 aromatic carbocycles. The van der Waals surface area contributed by atoms with Crippen molar-refractivity contribution in [2.24, 2.45) is 22.6 Å². The molecule has 0 bridgehead atoms. The predicted molar refractivity (Wildman–Crippen MR) is 59.3 cm³/mol. The normalized spacial score (nSPS) is 26.3. The summed E-state index contributed by atoms with van der Waals surface area (Å²) in [5.74, 6) is 5.04. The van der Waals surface area contributed by atoms with E-state index >= 15 is 0 Å². The van der Waals surface area contributed by atoms with Gasteiger partial charge in [-0.15, -0.1) is 0 Å². The molecular formula is C10H18N2S. The predicted octanol–water partition coefficient (Wildman–Crippen LogP) is 1.90. The van der Waals surface area contributed by atoms with Crippen LogP contribution in [0.1, 0.15) is 25.7 Å². The number of nitrogens with zero attached hydrogens (tertiary/aromatic N) is 1. The topological polar surface area (TPSA) is 38.4 Å². The summed E-state index contributed by atoms with van der Waals surface area (Å²) in [7, 11) is 0. The second kappa shape index (κ2) is 4.36. The Labute approximate surface area is 84.4 Å². The number of nitrogens with two attached hydrogens (primary N) is 1. The minimum absolute atomic E-state index is 0.651. The van der Waals surface area contributed by atoms with Gasteiger partial charge in [0.1, 0.15) is 0 Å². The van der Waals surface area contributed by atoms with Crippen LogP contribution in [0.4, 0.5) is 0 Å². The lowest BCUT2D eigenvalue weighted by molar-refractivity contribution is 0.502. The first kappa shape index (κ1) is 9.38. The van der Waals surface area contributed by atoms with Crippen LogP contribution >= 0.6 is 11.8 Å². The summed E-state index contributed by atoms with van der Waals surface area (Å²) >= 11 is 2.07. The van der Waals surface area contributed by atoms with Crippen LogP contribution in [0.25, 0.3) is 0 Å². The fourth-order valence-corrected chi connectivity index (χ4v) is 2.88. The molecule has 13 heavy (non-hydrogen) atoms. The SMILES string of the molecule is NC(=NCC1CCSCC1)C1CC1. The van der Waals surface area contributed by atoms with Gasteiger partial charge in [0, 0.05) is 12.5 Å². The van der Waals surface area contributed by atoms with Crippen LogP contribution in [0.3, 0.4) is 0 Å². The van der Waals surface area contributed by atoms with Gasteiger partial charge >= 0.3 is 0 Å². The van der Waals surface area contributed by atoms with E-state index in [4.69, 9.17) is 5.73 Å². The standard InChI is InChI=1S/C10H18N2S/c11-10(9-1-2-9)12-7-8-3-5-13-6-4-8/h8-9H,1-7H2,(H2,11,12). The molecule has 2 rings (SSSR count). The minimum atomic E-state index is 0.651. The first-order valence-corrected chi connectivity index (χ1v) is 6.39. The van der Waals surface area contributed by atoms with Gasteiger partial charge in [-0.25, -0.2) is 0 Å². The van der Waals surface area contributed by atoms with Crippen LogP contribution in [-0.4, -0.2) is 23.9 Å². The Morgan fingerprint density at radius 3 is 2.54 bits per heavy atom. The zero-order valence-corrected chi connectivity index (χ0v) is 8.85. The van der Waals surface area contributed by atoms with E-state index in [0.29, 0.717) is 5.92 Å². The minimum Gasteiger partial charge on any atom is -0.387 e. The van der Waals surface area contributed by atoms with Crippen LogP contribution in [0.2, 0.25) is 0 Å². The fraction of sp³-hybridized carbons (Fsp3) is 0.900. The first-order chi connectivity index (χ1) is 6.36. The number of hydrogen-bond acceptors (Lipinski definition) is 2. The van der Waals surface area contributed by atoms with Crippen LogP contribution in [-0.2, 0) is 0 Å². The van der Waals surface area contributed by atoms with Gasteiger partial charge < -0.3 is 5.73 Å². The molecule has 1 saturated heterocycles. The summed E-state index contributed by atoms with van der Waals surface area (Å²) in [4.78, 5) is 4.50. The average molecular weight is 198 g/mol. The van der Waals surface area contributed by atoms with Gasteiger partial charge in [0.25, 0.3) is 0 Å². The maximum Gasteiger partial charge on any atom is 0.0968 e. The van der Waals surface area contributed by atoms with Gasteiger partial charge in [0.15, 0.2) is 0 Å². The maximum absolute atomic E-state index is 5.84. The molecule has 1 heterocycles. The van der Waals surface area contributed by atoms with Crippen molar-refractivity contribution in [2.75, 3.05) is 18.1 Å². The van der Waals surface area contributed by atoms with Crippen molar-refractivity contribution >= 4 is 17.6 Å². The highest BCUT2D eigenvalue weighted by Crippen LogP contribution is 2.29. The second-order valence-electron chi connectivity index (χ2n) is 4.10. The quantitative estimate of drug-likeness (QED) is 0.555. The molecular weight excluding hydrogens is 180 g/mol. The molecule has 0 amide bonds. The Morgan fingerprint density at radius 2 is 1.92 bits per heavy atom. The van der Waals surface area contributed by atoms with Gasteiger partial charge in [0.05, 0.1) is 5.84 Å². The molecule has 0 aromatic rings. The molecule has 1 saturated carbocycles. The Balaban J connectivity index is 1.73. The Morgan fingerprint density at radius 1 is 1.23 bits per heavy atom. The van der Waals surface area contributed by atoms with Crippen LogP contribution < -0.4 is 5.73 Å². The van der Waals surface area contributed by atoms with E-state index in [-0.39, 0.29) is 0 Å². The van der Waals surface area contributed by atoms with Crippen LogP contribution in [0, 0.1) is 11.8 Å². The molecule has 0 unspecified atom stereocenters. The molecule has 0 spiro atoms. The average Bonchev–Trinajstić information content (AvgIpc) is 2.99. The number of amidine groups is 1. The van der Waals surface area contributed by atoms with Crippen LogP contribution in [0.15, 0.2) is 4.99 Å². The van der Waals surface area contributed by atoms with Gasteiger partial charge in [-0.05, 0) is 43.1 Å². The molecule has 0 atom stereocenters. The molecule has 2 N–H and O–H groups in total. The van der Waals surface area contributed by atoms with Gasteiger partial charge in [-0.3, -0.25) is 4.99 Å². The van der Waals surface area contributed by atoms with Crippen molar-refractivity contribution in [1.82, 2.24) is 0 Å². The molecule has 0 aromatic heterocycles. The molecule has 74 valence electrons. The van der Waals surface area contributed by atoms with Crippen molar-refractivity contribution in [2.45, 2.75) is 25.7 Å². The molecule has 2 fully saturated rings. The highest BCUT2D eigenvalue weighted by molar-refractivity contribution is 7.99. The first-order valence-electron chi connectivity index (χ1n) is 5.24. The van der Waals surface area contributed by atoms with E-state index in [9.17, 15) is 0 Å². The third kappa shape index (κ3) is 2.90. The summed E-state index contributed by atoms with van der Waals surface area (Å²) in [5, 5.41) is 0. The lowest BCUT2D eigenvalue weighted by Crippen LogP contribution is -2.18. The van der Waals surface area contributed by atoms with Crippen molar-refractivity contribution in [3.05, 3.63) is 0 Å². The molecule has 0 radical (unpaired) electrons. The van der Waals surface area contributed by atoms with E-state index in [2.05, 4.69) is 16.8 Å². The number of thioether (sulfide) groups is 1. The van der Waals surface area contributed by atoms with Gasteiger partial charge in [0.2, 0.25) is 0 Å². The third-order valence-electron chi connectivity index (χ3n) is 2.87. The number of aliphatic imine (C=N–C) groups is 1. The molecule has 1 aliphatic carbocycles. The zero-order chi connectivity index (χ0) is 9.10. The van der Waals surface area contributed by atoms with E-state index in [1.165, 1.54) is 37.2 Å². The lowest BCUT2D eigenvalue weighted by atomic mass is 10.0. The Hall–Kier alpha value is -0.180. The highest BCUT2D eigenvalue weighted by Gasteiger charge is 2.25. The van der Waals surface area contributed by atoms with Gasteiger partial charge in [-0.2, -0.15) is 11.8 Å². The van der Waals surface area contributed by atoms with Crippen LogP contribution in [0.5, 0.6) is 0 Å². The summed E-state index contributed by atoms with van der Waals surface area (Å²) < 4.78 is 0. The number of rotatable bonds is 3. The summed E-state index contributed by atoms with van der Waals surface area (Å²) in [5.41, 5.74) is 5.84. The van der Waals surface area contributed by atoms with Crippen molar-refractivity contribution in [3.8, 4) is 0 Å². The second-order valence-corrected chi connectivity index (χ2v) is 5.32. The van der Waals surface area contributed by atoms with E-state index in [1.807, 2.05) is 0 Å². The summed E-state index contributed by atoms with van der Waals surface area (Å²) in [6.45, 7) is 0.989. The van der Waals surface area contributed by atoms with Crippen molar-refractivity contribution < 1.29 is 0 Å². The maximum atomic E-state index is 5.84. The largest absolute Gasteiger partial charge is 0.387 e. The molecule has 3 heteroatoms. The zero-order valence-electron chi connectivity index (χ0n) is 8.04. The summed E-state index contributed by atoms with van der Waals surface area (Å²) in [6.07, 6.45) is 5.23. The Kier molecular flexibility index (Phi) is 3.14. The van der Waals surface area contributed by atoms with Gasteiger partial charge in [-0.1, -0.05) is 0 Å². The van der Waals surface area contributed by atoms with E-state index in [0.717, 1.165) is 18.3 Å². The molecule has 2 nitrogen and oxygen atoms in total. The Bertz CT molecular complexity index is 193. The summed E-state index contributed by atoms with van der Waals surface area (Å²) in [6, 6.07) is 0.